The van der Waals surface area contributed by atoms with Crippen molar-refractivity contribution in [2.45, 2.75) is 6.54 Å². The Labute approximate surface area is 162 Å². The number of rotatable bonds is 8. The van der Waals surface area contributed by atoms with Gasteiger partial charge in [0.1, 0.15) is 5.75 Å². The first-order valence-corrected chi connectivity index (χ1v) is 9.23. The molecule has 0 aliphatic carbocycles. The normalized spacial score (nSPS) is 10.7. The standard InChI is InChI=1S/C18H22ClN3O3S/c1-21(10-14-5-4-8-26-14)12-18(24)22(2)11-17(23)20-15-9-13(19)6-7-16(15)25-3/h4-9H,10-12H2,1-3H3,(H,20,23). The summed E-state index contributed by atoms with van der Waals surface area (Å²) in [5.74, 6) is 0.0620. The molecule has 1 N–H and O–H groups in total. The first-order chi connectivity index (χ1) is 12.4. The maximum Gasteiger partial charge on any atom is 0.244 e. The Balaban J connectivity index is 1.86. The fourth-order valence-corrected chi connectivity index (χ4v) is 3.30. The van der Waals surface area contributed by atoms with E-state index >= 15 is 0 Å². The lowest BCUT2D eigenvalue weighted by Crippen LogP contribution is -2.40. The average molecular weight is 396 g/mol. The summed E-state index contributed by atoms with van der Waals surface area (Å²) in [5.41, 5.74) is 0.473. The van der Waals surface area contributed by atoms with Crippen molar-refractivity contribution in [1.29, 1.82) is 0 Å². The molecule has 0 fully saturated rings. The van der Waals surface area contributed by atoms with Gasteiger partial charge in [-0.05, 0) is 36.7 Å². The SMILES string of the molecule is COc1ccc(Cl)cc1NC(=O)CN(C)C(=O)CN(C)Cc1cccs1. The van der Waals surface area contributed by atoms with Gasteiger partial charge < -0.3 is 15.0 Å². The molecule has 2 aromatic rings. The van der Waals surface area contributed by atoms with Crippen LogP contribution in [0.15, 0.2) is 35.7 Å². The molecule has 0 aliphatic rings. The van der Waals surface area contributed by atoms with Crippen LogP contribution in [0.4, 0.5) is 5.69 Å². The lowest BCUT2D eigenvalue weighted by molar-refractivity contribution is -0.134. The number of likely N-dealkylation sites (N-methyl/N-ethyl adjacent to an activating group) is 2. The number of hydrogen-bond acceptors (Lipinski definition) is 5. The quantitative estimate of drug-likeness (QED) is 0.746. The molecule has 0 atom stereocenters. The van der Waals surface area contributed by atoms with E-state index in [1.54, 1.807) is 36.6 Å². The number of anilines is 1. The van der Waals surface area contributed by atoms with E-state index in [0.29, 0.717) is 23.0 Å². The molecule has 8 heteroatoms. The number of nitrogens with one attached hydrogen (secondary N) is 1. The molecule has 2 amide bonds. The van der Waals surface area contributed by atoms with Crippen LogP contribution < -0.4 is 10.1 Å². The predicted octanol–water partition coefficient (Wildman–Crippen LogP) is 2.94. The number of carbonyl (C=O) groups excluding carboxylic acids is 2. The van der Waals surface area contributed by atoms with E-state index in [1.165, 1.54) is 16.9 Å². The molecule has 0 radical (unpaired) electrons. The second kappa shape index (κ2) is 9.56. The summed E-state index contributed by atoms with van der Waals surface area (Å²) in [4.78, 5) is 29.1. The minimum Gasteiger partial charge on any atom is -0.495 e. The van der Waals surface area contributed by atoms with E-state index in [0.717, 1.165) is 0 Å². The third-order valence-corrected chi connectivity index (χ3v) is 4.75. The topological polar surface area (TPSA) is 61.9 Å². The van der Waals surface area contributed by atoms with E-state index in [-0.39, 0.29) is 24.9 Å². The fraction of sp³-hybridized carbons (Fsp3) is 0.333. The van der Waals surface area contributed by atoms with Crippen LogP contribution in [0.3, 0.4) is 0 Å². The molecule has 140 valence electrons. The molecular weight excluding hydrogens is 374 g/mol. The van der Waals surface area contributed by atoms with Crippen LogP contribution in [0.1, 0.15) is 4.88 Å². The Morgan fingerprint density at radius 3 is 2.65 bits per heavy atom. The highest BCUT2D eigenvalue weighted by molar-refractivity contribution is 7.09. The molecule has 1 aromatic heterocycles. The second-order valence-electron chi connectivity index (χ2n) is 5.89. The van der Waals surface area contributed by atoms with Gasteiger partial charge >= 0.3 is 0 Å². The van der Waals surface area contributed by atoms with Crippen molar-refractivity contribution in [3.8, 4) is 5.75 Å². The molecule has 0 aliphatic heterocycles. The van der Waals surface area contributed by atoms with Gasteiger partial charge in [-0.25, -0.2) is 0 Å². The van der Waals surface area contributed by atoms with Crippen LogP contribution in [0.2, 0.25) is 5.02 Å². The van der Waals surface area contributed by atoms with Gasteiger partial charge in [0.2, 0.25) is 11.8 Å². The Bertz CT molecular complexity index is 752. The van der Waals surface area contributed by atoms with Crippen LogP contribution >= 0.6 is 22.9 Å². The highest BCUT2D eigenvalue weighted by atomic mass is 35.5. The Morgan fingerprint density at radius 2 is 2.00 bits per heavy atom. The summed E-state index contributed by atoms with van der Waals surface area (Å²) >= 11 is 7.60. The minimum absolute atomic E-state index is 0.0542. The lowest BCUT2D eigenvalue weighted by Gasteiger charge is -2.21. The van der Waals surface area contributed by atoms with Crippen molar-refractivity contribution in [2.75, 3.05) is 39.6 Å². The van der Waals surface area contributed by atoms with Gasteiger partial charge in [-0.15, -0.1) is 11.3 Å². The molecule has 2 rings (SSSR count). The van der Waals surface area contributed by atoms with E-state index in [1.807, 2.05) is 29.5 Å². The van der Waals surface area contributed by atoms with E-state index in [4.69, 9.17) is 16.3 Å². The fourth-order valence-electron chi connectivity index (χ4n) is 2.35. The molecule has 1 aromatic carbocycles. The summed E-state index contributed by atoms with van der Waals surface area (Å²) in [7, 11) is 5.00. The highest BCUT2D eigenvalue weighted by Crippen LogP contribution is 2.27. The Kier molecular flexibility index (Phi) is 7.44. The smallest absolute Gasteiger partial charge is 0.244 e. The molecule has 0 saturated heterocycles. The number of amides is 2. The number of thiophene rings is 1. The van der Waals surface area contributed by atoms with Crippen molar-refractivity contribution in [3.63, 3.8) is 0 Å². The number of benzene rings is 1. The third kappa shape index (κ3) is 6.01. The van der Waals surface area contributed by atoms with Crippen LogP contribution in [0, 0.1) is 0 Å². The van der Waals surface area contributed by atoms with Gasteiger partial charge in [0.15, 0.2) is 0 Å². The van der Waals surface area contributed by atoms with E-state index < -0.39 is 0 Å². The van der Waals surface area contributed by atoms with Crippen LogP contribution in [-0.2, 0) is 16.1 Å². The molecule has 1 heterocycles. The maximum atomic E-state index is 12.3. The number of hydrogen-bond donors (Lipinski definition) is 1. The number of methoxy groups -OCH3 is 1. The van der Waals surface area contributed by atoms with Crippen molar-refractivity contribution < 1.29 is 14.3 Å². The minimum atomic E-state index is -0.317. The highest BCUT2D eigenvalue weighted by Gasteiger charge is 2.16. The van der Waals surface area contributed by atoms with Gasteiger partial charge in [0.05, 0.1) is 25.9 Å². The van der Waals surface area contributed by atoms with Gasteiger partial charge in [-0.2, -0.15) is 0 Å². The van der Waals surface area contributed by atoms with Crippen molar-refractivity contribution in [2.24, 2.45) is 0 Å². The molecule has 0 bridgehead atoms. The molecule has 6 nitrogen and oxygen atoms in total. The lowest BCUT2D eigenvalue weighted by atomic mass is 10.3. The summed E-state index contributed by atoms with van der Waals surface area (Å²) < 4.78 is 5.20. The number of halogens is 1. The number of ether oxygens (including phenoxy) is 1. The summed E-state index contributed by atoms with van der Waals surface area (Å²) in [6.45, 7) is 0.882. The maximum absolute atomic E-state index is 12.3. The largest absolute Gasteiger partial charge is 0.495 e. The summed E-state index contributed by atoms with van der Waals surface area (Å²) in [6, 6.07) is 8.97. The molecule has 0 unspecified atom stereocenters. The van der Waals surface area contributed by atoms with Crippen LogP contribution in [-0.4, -0.2) is 55.9 Å². The zero-order valence-electron chi connectivity index (χ0n) is 15.0. The first kappa shape index (κ1) is 20.2. The molecular formula is C18H22ClN3O3S. The first-order valence-electron chi connectivity index (χ1n) is 7.97. The van der Waals surface area contributed by atoms with Gasteiger partial charge in [0.25, 0.3) is 0 Å². The number of carbonyl (C=O) groups is 2. The van der Waals surface area contributed by atoms with E-state index in [2.05, 4.69) is 5.32 Å². The average Bonchev–Trinajstić information content (AvgIpc) is 3.07. The Hall–Kier alpha value is -2.09. The molecule has 26 heavy (non-hydrogen) atoms. The monoisotopic (exact) mass is 395 g/mol. The summed E-state index contributed by atoms with van der Waals surface area (Å²) in [6.07, 6.45) is 0. The third-order valence-electron chi connectivity index (χ3n) is 3.65. The summed E-state index contributed by atoms with van der Waals surface area (Å²) in [5, 5.41) is 5.22. The predicted molar refractivity (Wildman–Crippen MR) is 105 cm³/mol. The second-order valence-corrected chi connectivity index (χ2v) is 7.36. The van der Waals surface area contributed by atoms with Crippen molar-refractivity contribution >= 4 is 40.4 Å². The van der Waals surface area contributed by atoms with Crippen molar-refractivity contribution in [1.82, 2.24) is 9.80 Å². The van der Waals surface area contributed by atoms with Gasteiger partial charge in [-0.3, -0.25) is 14.5 Å². The van der Waals surface area contributed by atoms with Gasteiger partial charge in [0, 0.05) is 23.5 Å². The van der Waals surface area contributed by atoms with Crippen LogP contribution in [0.5, 0.6) is 5.75 Å². The zero-order valence-corrected chi connectivity index (χ0v) is 16.6. The molecule has 0 saturated carbocycles. The zero-order chi connectivity index (χ0) is 19.1. The van der Waals surface area contributed by atoms with Crippen LogP contribution in [0.25, 0.3) is 0 Å². The Morgan fingerprint density at radius 1 is 1.23 bits per heavy atom. The number of nitrogens with zero attached hydrogens (tertiary/aromatic N) is 2. The van der Waals surface area contributed by atoms with Gasteiger partial charge in [-0.1, -0.05) is 17.7 Å². The van der Waals surface area contributed by atoms with Crippen molar-refractivity contribution in [3.05, 3.63) is 45.6 Å². The van der Waals surface area contributed by atoms with E-state index in [9.17, 15) is 9.59 Å². The molecule has 0 spiro atoms.